The first kappa shape index (κ1) is 24.2. The predicted octanol–water partition coefficient (Wildman–Crippen LogP) is 8.16. The van der Waals surface area contributed by atoms with Gasteiger partial charge in [-0.1, -0.05) is 117 Å². The zero-order chi connectivity index (χ0) is 23.9. The Morgan fingerprint density at radius 1 is 0.971 bits per heavy atom. The molecule has 34 heavy (non-hydrogen) atoms. The lowest BCUT2D eigenvalue weighted by Gasteiger charge is -2.36. The zero-order valence-corrected chi connectivity index (χ0v) is 21.7. The Bertz CT molecular complexity index is 1180. The van der Waals surface area contributed by atoms with E-state index in [2.05, 4.69) is 130 Å². The highest BCUT2D eigenvalue weighted by molar-refractivity contribution is 7.68. The smallest absolute Gasteiger partial charge is 0.140 e. The van der Waals surface area contributed by atoms with Crippen molar-refractivity contribution in [2.24, 2.45) is 10.9 Å². The van der Waals surface area contributed by atoms with E-state index < -0.39 is 8.07 Å². The zero-order valence-electron chi connectivity index (χ0n) is 20.8. The number of nitrogens with zero attached hydrogens (tertiary/aromatic N) is 2. The van der Waals surface area contributed by atoms with Gasteiger partial charge in [0.05, 0.1) is 13.8 Å². The molecular weight excluding hydrogens is 431 g/mol. The number of aryl methyl sites for hydroxylation is 2. The average Bonchev–Trinajstić information content (AvgIpc) is 2.86. The van der Waals surface area contributed by atoms with Gasteiger partial charge in [-0.3, -0.25) is 0 Å². The van der Waals surface area contributed by atoms with E-state index in [1.807, 2.05) is 0 Å². The second kappa shape index (κ2) is 11.4. The summed E-state index contributed by atoms with van der Waals surface area (Å²) in [5, 5.41) is 2.85. The molecule has 3 aromatic carbocycles. The van der Waals surface area contributed by atoms with Crippen LogP contribution in [0, 0.1) is 12.8 Å². The molecule has 4 rings (SSSR count). The van der Waals surface area contributed by atoms with Crippen LogP contribution in [0.5, 0.6) is 0 Å². The Labute approximate surface area is 206 Å². The van der Waals surface area contributed by atoms with Crippen molar-refractivity contribution in [1.82, 2.24) is 4.67 Å². The lowest BCUT2D eigenvalue weighted by atomic mass is 10.0. The molecule has 0 N–H and O–H groups in total. The highest BCUT2D eigenvalue weighted by Crippen LogP contribution is 2.52. The molecule has 0 radical (unpaired) electrons. The lowest BCUT2D eigenvalue weighted by molar-refractivity contribution is 0.709. The standard InChI is InChI=1S/C31H35N2P/c1-5-13-26-15-10-11-18-29(26)32-31(27-22-20-24(2)21-23-27)33(4)34(28-16-7-6-8-17-28)30-19-12-9-14-25(30)3/h6-12,15-23,25H,5,13-14H2,1-4H3/b32-31+. The molecule has 0 fully saturated rings. The van der Waals surface area contributed by atoms with Gasteiger partial charge < -0.3 is 4.67 Å². The van der Waals surface area contributed by atoms with Gasteiger partial charge in [0, 0.05) is 17.9 Å². The molecule has 3 heteroatoms. The Balaban J connectivity index is 1.88. The second-order valence-corrected chi connectivity index (χ2v) is 11.3. The summed E-state index contributed by atoms with van der Waals surface area (Å²) in [6.07, 6.45) is 10.1. The Hall–Kier alpha value is -2.96. The van der Waals surface area contributed by atoms with E-state index in [1.54, 1.807) is 0 Å². The van der Waals surface area contributed by atoms with Gasteiger partial charge in [-0.15, -0.1) is 0 Å². The Morgan fingerprint density at radius 2 is 1.68 bits per heavy atom. The van der Waals surface area contributed by atoms with Crippen LogP contribution in [0.25, 0.3) is 0 Å². The van der Waals surface area contributed by atoms with Gasteiger partial charge in [-0.05, 0) is 42.6 Å². The molecule has 1 aliphatic rings. The van der Waals surface area contributed by atoms with Crippen LogP contribution in [0.15, 0.2) is 107 Å². The first-order chi connectivity index (χ1) is 16.6. The summed E-state index contributed by atoms with van der Waals surface area (Å²) in [5.41, 5.74) is 4.79. The second-order valence-electron chi connectivity index (χ2n) is 9.01. The third kappa shape index (κ3) is 5.57. The van der Waals surface area contributed by atoms with Crippen LogP contribution in [0.2, 0.25) is 0 Å². The van der Waals surface area contributed by atoms with Gasteiger partial charge in [-0.25, -0.2) is 4.99 Å². The summed E-state index contributed by atoms with van der Waals surface area (Å²) in [6.45, 7) is 6.71. The largest absolute Gasteiger partial charge is 0.331 e. The maximum atomic E-state index is 5.36. The maximum absolute atomic E-state index is 5.36. The number of benzene rings is 3. The lowest BCUT2D eigenvalue weighted by Crippen LogP contribution is -2.29. The predicted molar refractivity (Wildman–Crippen MR) is 150 cm³/mol. The SMILES string of the molecule is CCCc1ccccc1/N=C(\c1ccc(C)cc1)N(C)P(C1=CC=CCC1C)c1ccccc1. The summed E-state index contributed by atoms with van der Waals surface area (Å²) < 4.78 is 2.44. The van der Waals surface area contributed by atoms with E-state index in [0.717, 1.165) is 36.3 Å². The molecule has 0 aromatic heterocycles. The normalized spacial score (nSPS) is 16.8. The first-order valence-corrected chi connectivity index (χ1v) is 13.6. The van der Waals surface area contributed by atoms with Gasteiger partial charge >= 0.3 is 0 Å². The number of rotatable bonds is 7. The van der Waals surface area contributed by atoms with Crippen LogP contribution in [-0.4, -0.2) is 17.6 Å². The summed E-state index contributed by atoms with van der Waals surface area (Å²) in [7, 11) is 1.48. The van der Waals surface area contributed by atoms with E-state index in [4.69, 9.17) is 4.99 Å². The quantitative estimate of drug-likeness (QED) is 0.195. The van der Waals surface area contributed by atoms with E-state index in [0.29, 0.717) is 5.92 Å². The molecule has 0 heterocycles. The highest BCUT2D eigenvalue weighted by atomic mass is 31.1. The van der Waals surface area contributed by atoms with Crippen molar-refractivity contribution in [1.29, 1.82) is 0 Å². The number of allylic oxidation sites excluding steroid dienone is 4. The average molecular weight is 467 g/mol. The van der Waals surface area contributed by atoms with Gasteiger partial charge in [0.1, 0.15) is 5.84 Å². The molecule has 3 aromatic rings. The molecule has 2 atom stereocenters. The third-order valence-electron chi connectivity index (χ3n) is 6.30. The molecule has 0 bridgehead atoms. The summed E-state index contributed by atoms with van der Waals surface area (Å²) in [6, 6.07) is 28.3. The summed E-state index contributed by atoms with van der Waals surface area (Å²) >= 11 is 0. The summed E-state index contributed by atoms with van der Waals surface area (Å²) in [5.74, 6) is 1.53. The van der Waals surface area contributed by atoms with E-state index in [1.165, 1.54) is 21.7 Å². The fourth-order valence-electron chi connectivity index (χ4n) is 4.41. The maximum Gasteiger partial charge on any atom is 0.140 e. The Kier molecular flexibility index (Phi) is 8.14. The van der Waals surface area contributed by atoms with E-state index in [9.17, 15) is 0 Å². The van der Waals surface area contributed by atoms with Crippen molar-refractivity contribution < 1.29 is 0 Å². The number of amidine groups is 1. The summed E-state index contributed by atoms with van der Waals surface area (Å²) in [4.78, 5) is 5.36. The molecule has 174 valence electrons. The van der Waals surface area contributed by atoms with Crippen LogP contribution in [0.4, 0.5) is 5.69 Å². The van der Waals surface area contributed by atoms with Gasteiger partial charge in [0.15, 0.2) is 0 Å². The fourth-order valence-corrected chi connectivity index (χ4v) is 6.96. The van der Waals surface area contributed by atoms with Gasteiger partial charge in [0.25, 0.3) is 0 Å². The minimum absolute atomic E-state index is 0.505. The van der Waals surface area contributed by atoms with Crippen LogP contribution in [0.1, 0.15) is 43.4 Å². The number of hydrogen-bond donors (Lipinski definition) is 0. The van der Waals surface area contributed by atoms with Crippen molar-refractivity contribution >= 4 is 24.9 Å². The molecule has 0 saturated carbocycles. The Morgan fingerprint density at radius 3 is 2.38 bits per heavy atom. The van der Waals surface area contributed by atoms with Crippen LogP contribution >= 0.6 is 8.07 Å². The monoisotopic (exact) mass is 466 g/mol. The molecule has 1 aliphatic carbocycles. The highest BCUT2D eigenvalue weighted by Gasteiger charge is 2.28. The van der Waals surface area contributed by atoms with E-state index >= 15 is 0 Å². The van der Waals surface area contributed by atoms with Crippen molar-refractivity contribution in [3.8, 4) is 0 Å². The fraction of sp³-hybridized carbons (Fsp3) is 0.258. The molecule has 2 nitrogen and oxygen atoms in total. The topological polar surface area (TPSA) is 15.6 Å². The minimum atomic E-state index is -0.746. The third-order valence-corrected chi connectivity index (χ3v) is 8.95. The number of aliphatic imine (C=N–C) groups is 1. The molecular formula is C31H35N2P. The number of para-hydroxylation sites is 1. The molecule has 2 unspecified atom stereocenters. The first-order valence-electron chi connectivity index (χ1n) is 12.3. The van der Waals surface area contributed by atoms with Crippen LogP contribution in [0.3, 0.4) is 0 Å². The van der Waals surface area contributed by atoms with E-state index in [-0.39, 0.29) is 0 Å². The molecule has 0 spiro atoms. The van der Waals surface area contributed by atoms with Crippen molar-refractivity contribution in [2.45, 2.75) is 40.0 Å². The van der Waals surface area contributed by atoms with Crippen molar-refractivity contribution in [3.05, 3.63) is 119 Å². The van der Waals surface area contributed by atoms with Gasteiger partial charge in [0.2, 0.25) is 0 Å². The van der Waals surface area contributed by atoms with Gasteiger partial charge in [-0.2, -0.15) is 0 Å². The van der Waals surface area contributed by atoms with Crippen LogP contribution in [-0.2, 0) is 6.42 Å². The molecule has 0 aliphatic heterocycles. The van der Waals surface area contributed by atoms with Crippen molar-refractivity contribution in [2.75, 3.05) is 7.05 Å². The molecule has 0 saturated heterocycles. The minimum Gasteiger partial charge on any atom is -0.331 e. The molecule has 0 amide bonds. The van der Waals surface area contributed by atoms with Crippen molar-refractivity contribution in [3.63, 3.8) is 0 Å². The number of hydrogen-bond acceptors (Lipinski definition) is 1. The van der Waals surface area contributed by atoms with Crippen LogP contribution < -0.4 is 5.30 Å².